The number of aromatic nitrogens is 2. The van der Waals surface area contributed by atoms with Crippen LogP contribution in [0, 0.1) is 0 Å². The number of thioether (sulfide) groups is 1. The topological polar surface area (TPSA) is 72.2 Å². The van der Waals surface area contributed by atoms with Crippen LogP contribution in [0.4, 0.5) is 0 Å². The Morgan fingerprint density at radius 1 is 1.56 bits per heavy atom. The highest BCUT2D eigenvalue weighted by molar-refractivity contribution is 7.99. The van der Waals surface area contributed by atoms with Gasteiger partial charge in [0, 0.05) is 17.7 Å². The van der Waals surface area contributed by atoms with Crippen LogP contribution in [0.1, 0.15) is 43.3 Å². The highest BCUT2D eigenvalue weighted by Gasteiger charge is 2.29. The first-order valence-electron chi connectivity index (χ1n) is 6.13. The maximum Gasteiger partial charge on any atom is 0.305 e. The molecule has 6 heteroatoms. The van der Waals surface area contributed by atoms with Crippen LogP contribution in [0.25, 0.3) is 0 Å². The highest BCUT2D eigenvalue weighted by atomic mass is 32.2. The van der Waals surface area contributed by atoms with Crippen molar-refractivity contribution in [2.45, 2.75) is 42.8 Å². The molecule has 1 aliphatic heterocycles. The van der Waals surface area contributed by atoms with E-state index in [4.69, 9.17) is 5.11 Å². The average Bonchev–Trinajstić information content (AvgIpc) is 2.58. The number of carboxylic acids is 1. The van der Waals surface area contributed by atoms with Gasteiger partial charge in [-0.3, -0.25) is 14.2 Å². The third-order valence-electron chi connectivity index (χ3n) is 3.64. The zero-order valence-corrected chi connectivity index (χ0v) is 10.7. The maximum absolute atomic E-state index is 12.1. The molecule has 1 atom stereocenters. The van der Waals surface area contributed by atoms with Gasteiger partial charge in [0.1, 0.15) is 0 Å². The van der Waals surface area contributed by atoms with E-state index in [0.717, 1.165) is 18.5 Å². The molecule has 2 heterocycles. The summed E-state index contributed by atoms with van der Waals surface area (Å²) in [4.78, 5) is 27.4. The molecule has 18 heavy (non-hydrogen) atoms. The van der Waals surface area contributed by atoms with Crippen molar-refractivity contribution in [1.29, 1.82) is 0 Å². The average molecular weight is 266 g/mol. The van der Waals surface area contributed by atoms with Gasteiger partial charge in [-0.15, -0.1) is 0 Å². The summed E-state index contributed by atoms with van der Waals surface area (Å²) in [6.07, 6.45) is 3.42. The number of carboxylic acid groups (broad SMARTS) is 1. The molecule has 1 aromatic heterocycles. The summed E-state index contributed by atoms with van der Waals surface area (Å²) in [6, 6.07) is 1.34. The smallest absolute Gasteiger partial charge is 0.305 e. The van der Waals surface area contributed by atoms with E-state index in [0.29, 0.717) is 16.8 Å². The minimum atomic E-state index is -0.872. The number of hydrogen-bond acceptors (Lipinski definition) is 4. The lowest BCUT2D eigenvalue weighted by molar-refractivity contribution is -0.137. The quantitative estimate of drug-likeness (QED) is 0.842. The van der Waals surface area contributed by atoms with Crippen LogP contribution in [-0.2, 0) is 4.79 Å². The lowest BCUT2D eigenvalue weighted by Crippen LogP contribution is -2.27. The number of carbonyl (C=O) groups is 1. The SMILES string of the molecule is O=C(O)CC1CSc2nc(C3CCC3)cc(=O)n21. The van der Waals surface area contributed by atoms with Gasteiger partial charge in [-0.05, 0) is 12.8 Å². The number of hydrogen-bond donors (Lipinski definition) is 1. The van der Waals surface area contributed by atoms with Gasteiger partial charge in [0.15, 0.2) is 5.16 Å². The Kier molecular flexibility index (Phi) is 2.89. The van der Waals surface area contributed by atoms with Crippen LogP contribution >= 0.6 is 11.8 Å². The fraction of sp³-hybridized carbons (Fsp3) is 0.583. The van der Waals surface area contributed by atoms with Crippen molar-refractivity contribution in [2.24, 2.45) is 0 Å². The summed E-state index contributed by atoms with van der Waals surface area (Å²) in [5, 5.41) is 9.53. The number of fused-ring (bicyclic) bond motifs is 1. The summed E-state index contributed by atoms with van der Waals surface area (Å²) in [5.41, 5.74) is 0.791. The Morgan fingerprint density at radius 2 is 2.33 bits per heavy atom. The number of rotatable bonds is 3. The van der Waals surface area contributed by atoms with Gasteiger partial charge < -0.3 is 5.11 Å². The van der Waals surface area contributed by atoms with Gasteiger partial charge >= 0.3 is 5.97 Å². The first kappa shape index (κ1) is 11.8. The number of nitrogens with zero attached hydrogens (tertiary/aromatic N) is 2. The van der Waals surface area contributed by atoms with E-state index in [1.54, 1.807) is 10.6 Å². The molecule has 96 valence electrons. The van der Waals surface area contributed by atoms with Gasteiger partial charge in [0.25, 0.3) is 5.56 Å². The molecule has 0 radical (unpaired) electrons. The molecule has 1 saturated carbocycles. The molecule has 0 aromatic carbocycles. The molecule has 1 fully saturated rings. The van der Waals surface area contributed by atoms with Crippen LogP contribution in [0.5, 0.6) is 0 Å². The third-order valence-corrected chi connectivity index (χ3v) is 4.74. The summed E-state index contributed by atoms with van der Waals surface area (Å²) in [7, 11) is 0. The fourth-order valence-corrected chi connectivity index (χ4v) is 3.59. The zero-order valence-electron chi connectivity index (χ0n) is 9.83. The predicted octanol–water partition coefficient (Wildman–Crippen LogP) is 1.63. The molecule has 0 saturated heterocycles. The molecule has 0 bridgehead atoms. The second kappa shape index (κ2) is 4.42. The molecule has 1 aliphatic carbocycles. The van der Waals surface area contributed by atoms with Crippen molar-refractivity contribution in [3.63, 3.8) is 0 Å². The van der Waals surface area contributed by atoms with Gasteiger partial charge in [-0.1, -0.05) is 18.2 Å². The standard InChI is InChI=1S/C12H14N2O3S/c15-10-5-9(7-2-1-3-7)13-12-14(10)8(6-18-12)4-11(16)17/h5,7-8H,1-4,6H2,(H,16,17). The molecule has 3 rings (SSSR count). The van der Waals surface area contributed by atoms with E-state index in [9.17, 15) is 9.59 Å². The lowest BCUT2D eigenvalue weighted by atomic mass is 9.83. The Morgan fingerprint density at radius 3 is 2.94 bits per heavy atom. The zero-order chi connectivity index (χ0) is 12.7. The van der Waals surface area contributed by atoms with E-state index < -0.39 is 5.97 Å². The fourth-order valence-electron chi connectivity index (χ4n) is 2.44. The van der Waals surface area contributed by atoms with Crippen LogP contribution in [0.2, 0.25) is 0 Å². The number of aliphatic carboxylic acids is 1. The molecule has 2 aliphatic rings. The molecular weight excluding hydrogens is 252 g/mol. The summed E-state index contributed by atoms with van der Waals surface area (Å²) in [6.45, 7) is 0. The first-order valence-corrected chi connectivity index (χ1v) is 7.12. The van der Waals surface area contributed by atoms with E-state index >= 15 is 0 Å². The summed E-state index contributed by atoms with van der Waals surface area (Å²) >= 11 is 1.49. The predicted molar refractivity (Wildman–Crippen MR) is 67.1 cm³/mol. The third kappa shape index (κ3) is 1.94. The Bertz CT molecular complexity index is 551. The normalized spacial score (nSPS) is 22.6. The lowest BCUT2D eigenvalue weighted by Gasteiger charge is -2.25. The van der Waals surface area contributed by atoms with Gasteiger partial charge in [0.2, 0.25) is 0 Å². The molecule has 1 unspecified atom stereocenters. The molecule has 1 aromatic rings. The molecule has 1 N–H and O–H groups in total. The summed E-state index contributed by atoms with van der Waals surface area (Å²) in [5.74, 6) is 0.189. The largest absolute Gasteiger partial charge is 0.481 e. The Labute approximate surface area is 108 Å². The van der Waals surface area contributed by atoms with Gasteiger partial charge in [0.05, 0.1) is 18.2 Å². The van der Waals surface area contributed by atoms with Crippen LogP contribution in [-0.4, -0.2) is 26.4 Å². The van der Waals surface area contributed by atoms with E-state index in [-0.39, 0.29) is 18.0 Å². The van der Waals surface area contributed by atoms with Crippen LogP contribution < -0.4 is 5.56 Å². The maximum atomic E-state index is 12.1. The molecule has 5 nitrogen and oxygen atoms in total. The molecule has 0 amide bonds. The minimum absolute atomic E-state index is 0.00956. The molecule has 0 spiro atoms. The summed E-state index contributed by atoms with van der Waals surface area (Å²) < 4.78 is 1.54. The van der Waals surface area contributed by atoms with Gasteiger partial charge in [-0.2, -0.15) is 0 Å². The van der Waals surface area contributed by atoms with Gasteiger partial charge in [-0.25, -0.2) is 4.98 Å². The molecular formula is C12H14N2O3S. The van der Waals surface area contributed by atoms with Crippen molar-refractivity contribution in [3.8, 4) is 0 Å². The second-order valence-corrected chi connectivity index (χ2v) is 5.85. The highest BCUT2D eigenvalue weighted by Crippen LogP contribution is 2.37. The van der Waals surface area contributed by atoms with Crippen molar-refractivity contribution in [2.75, 3.05) is 5.75 Å². The second-order valence-electron chi connectivity index (χ2n) is 4.86. The Hall–Kier alpha value is -1.30. The van der Waals surface area contributed by atoms with Crippen LogP contribution in [0.3, 0.4) is 0 Å². The van der Waals surface area contributed by atoms with E-state index in [1.807, 2.05) is 0 Å². The van der Waals surface area contributed by atoms with Crippen molar-refractivity contribution in [1.82, 2.24) is 9.55 Å². The van der Waals surface area contributed by atoms with E-state index in [2.05, 4.69) is 4.98 Å². The first-order chi connectivity index (χ1) is 8.65. The Balaban J connectivity index is 1.94. The monoisotopic (exact) mass is 266 g/mol. The van der Waals surface area contributed by atoms with E-state index in [1.165, 1.54) is 18.2 Å². The van der Waals surface area contributed by atoms with Crippen LogP contribution in [0.15, 0.2) is 16.0 Å². The van der Waals surface area contributed by atoms with Crippen molar-refractivity contribution in [3.05, 3.63) is 22.1 Å². The minimum Gasteiger partial charge on any atom is -0.481 e. The van der Waals surface area contributed by atoms with Crippen molar-refractivity contribution >= 4 is 17.7 Å². The van der Waals surface area contributed by atoms with Crippen molar-refractivity contribution < 1.29 is 9.90 Å².